The van der Waals surface area contributed by atoms with Gasteiger partial charge < -0.3 is 14.6 Å². The van der Waals surface area contributed by atoms with Gasteiger partial charge in [0.05, 0.1) is 30.3 Å². The van der Waals surface area contributed by atoms with E-state index in [1.165, 1.54) is 24.3 Å². The first kappa shape index (κ1) is 18.6. The summed E-state index contributed by atoms with van der Waals surface area (Å²) >= 11 is 5.49. The molecule has 1 aromatic carbocycles. The van der Waals surface area contributed by atoms with Crippen LogP contribution in [0.2, 0.25) is 0 Å². The molecule has 0 saturated carbocycles. The van der Waals surface area contributed by atoms with Crippen molar-refractivity contribution in [2.24, 2.45) is 10.2 Å². The Morgan fingerprint density at radius 3 is 2.26 bits per heavy atom. The van der Waals surface area contributed by atoms with E-state index < -0.39 is 17.7 Å². The zero-order valence-electron chi connectivity index (χ0n) is 12.8. The average molecular weight is 341 g/mol. The number of carbonyl (C=O) groups excluding carboxylic acids is 2. The summed E-state index contributed by atoms with van der Waals surface area (Å²) in [4.78, 5) is 23.2. The number of hydrogen-bond acceptors (Lipinski definition) is 7. The number of ether oxygens (including phenoxy) is 2. The van der Waals surface area contributed by atoms with E-state index in [1.54, 1.807) is 13.8 Å². The summed E-state index contributed by atoms with van der Waals surface area (Å²) in [5.41, 5.74) is 0.383. The summed E-state index contributed by atoms with van der Waals surface area (Å²) in [6.45, 7) is 3.75. The molecule has 7 nitrogen and oxygen atoms in total. The monoisotopic (exact) mass is 340 g/mol. The Kier molecular flexibility index (Phi) is 7.76. The molecule has 0 atom stereocenters. The van der Waals surface area contributed by atoms with Crippen LogP contribution in [0.1, 0.15) is 24.2 Å². The van der Waals surface area contributed by atoms with Crippen LogP contribution in [0.3, 0.4) is 0 Å². The number of azo groups is 1. The van der Waals surface area contributed by atoms with E-state index in [1.807, 2.05) is 0 Å². The van der Waals surface area contributed by atoms with Crippen molar-refractivity contribution in [2.45, 2.75) is 13.8 Å². The Morgan fingerprint density at radius 2 is 1.74 bits per heavy atom. The van der Waals surface area contributed by atoms with E-state index in [0.717, 1.165) is 0 Å². The van der Waals surface area contributed by atoms with Crippen LogP contribution in [0.25, 0.3) is 0 Å². The summed E-state index contributed by atoms with van der Waals surface area (Å²) in [6.07, 6.45) is 0. The Bertz CT molecular complexity index is 611. The Morgan fingerprint density at radius 1 is 1.13 bits per heavy atom. The highest BCUT2D eigenvalue weighted by Gasteiger charge is 2.16. The van der Waals surface area contributed by atoms with E-state index in [-0.39, 0.29) is 24.8 Å². The summed E-state index contributed by atoms with van der Waals surface area (Å²) < 4.78 is 9.62. The SMILES string of the molecule is CCOC(=O)C(N=Nc1ccc(C(=O)OCC)cc1)=C(O)CCl. The molecule has 1 N–H and O–H groups in total. The Balaban J connectivity index is 2.93. The highest BCUT2D eigenvalue weighted by atomic mass is 35.5. The summed E-state index contributed by atoms with van der Waals surface area (Å²) in [7, 11) is 0. The van der Waals surface area contributed by atoms with Gasteiger partial charge in [0.1, 0.15) is 5.76 Å². The fraction of sp³-hybridized carbons (Fsp3) is 0.333. The molecule has 0 saturated heterocycles. The van der Waals surface area contributed by atoms with Crippen molar-refractivity contribution >= 4 is 29.2 Å². The summed E-state index contributed by atoms with van der Waals surface area (Å²) in [5, 5.41) is 17.1. The number of esters is 2. The normalized spacial score (nSPS) is 12.0. The molecule has 124 valence electrons. The van der Waals surface area contributed by atoms with E-state index in [2.05, 4.69) is 10.2 Å². The Hall–Kier alpha value is -2.41. The molecular formula is C15H17ClN2O5. The number of rotatable bonds is 7. The smallest absolute Gasteiger partial charge is 0.362 e. The molecule has 0 aliphatic carbocycles. The van der Waals surface area contributed by atoms with E-state index in [4.69, 9.17) is 21.1 Å². The van der Waals surface area contributed by atoms with Crippen molar-refractivity contribution in [2.75, 3.05) is 19.1 Å². The van der Waals surface area contributed by atoms with Crippen molar-refractivity contribution in [3.63, 3.8) is 0 Å². The summed E-state index contributed by atoms with van der Waals surface area (Å²) in [6, 6.07) is 6.08. The molecule has 0 aromatic heterocycles. The van der Waals surface area contributed by atoms with E-state index >= 15 is 0 Å². The molecule has 0 unspecified atom stereocenters. The lowest BCUT2D eigenvalue weighted by molar-refractivity contribution is -0.138. The van der Waals surface area contributed by atoms with Crippen LogP contribution in [0.5, 0.6) is 0 Å². The standard InChI is InChI=1S/C15H17ClN2O5/c1-3-22-14(20)10-5-7-11(8-6-10)17-18-13(12(19)9-16)15(21)23-4-2/h5-8,19H,3-4,9H2,1-2H3. The molecule has 0 spiro atoms. The second kappa shape index (κ2) is 9.58. The number of benzene rings is 1. The first-order valence-corrected chi connectivity index (χ1v) is 7.41. The second-order valence-electron chi connectivity index (χ2n) is 4.12. The lowest BCUT2D eigenvalue weighted by atomic mass is 10.2. The van der Waals surface area contributed by atoms with Crippen LogP contribution in [-0.2, 0) is 14.3 Å². The minimum Gasteiger partial charge on any atom is -0.508 e. The predicted molar refractivity (Wildman–Crippen MR) is 83.9 cm³/mol. The zero-order valence-corrected chi connectivity index (χ0v) is 13.5. The zero-order chi connectivity index (χ0) is 17.2. The molecule has 23 heavy (non-hydrogen) atoms. The third-order valence-electron chi connectivity index (χ3n) is 2.51. The van der Waals surface area contributed by atoms with Gasteiger partial charge in [-0.2, -0.15) is 5.11 Å². The highest BCUT2D eigenvalue weighted by molar-refractivity contribution is 6.19. The van der Waals surface area contributed by atoms with Gasteiger partial charge in [0.2, 0.25) is 5.70 Å². The van der Waals surface area contributed by atoms with Gasteiger partial charge in [-0.3, -0.25) is 0 Å². The van der Waals surface area contributed by atoms with Gasteiger partial charge in [-0.25, -0.2) is 9.59 Å². The van der Waals surface area contributed by atoms with Crippen molar-refractivity contribution < 1.29 is 24.2 Å². The van der Waals surface area contributed by atoms with Crippen LogP contribution >= 0.6 is 11.6 Å². The van der Waals surface area contributed by atoms with Gasteiger partial charge in [-0.05, 0) is 38.1 Å². The fourth-order valence-corrected chi connectivity index (χ4v) is 1.59. The molecule has 0 fully saturated rings. The number of hydrogen-bond donors (Lipinski definition) is 1. The number of carbonyl (C=O) groups is 2. The number of allylic oxidation sites excluding steroid dienone is 1. The van der Waals surface area contributed by atoms with Gasteiger partial charge in [0.25, 0.3) is 0 Å². The molecule has 0 radical (unpaired) electrons. The van der Waals surface area contributed by atoms with Gasteiger partial charge >= 0.3 is 11.9 Å². The molecule has 0 amide bonds. The van der Waals surface area contributed by atoms with Crippen LogP contribution in [0.15, 0.2) is 46.0 Å². The van der Waals surface area contributed by atoms with E-state index in [0.29, 0.717) is 11.3 Å². The van der Waals surface area contributed by atoms with Gasteiger partial charge in [0.15, 0.2) is 0 Å². The summed E-state index contributed by atoms with van der Waals surface area (Å²) in [5.74, 6) is -1.99. The van der Waals surface area contributed by atoms with Crippen molar-refractivity contribution in [1.82, 2.24) is 0 Å². The first-order valence-electron chi connectivity index (χ1n) is 6.87. The van der Waals surface area contributed by atoms with Crippen LogP contribution in [0.4, 0.5) is 5.69 Å². The quantitative estimate of drug-likeness (QED) is 0.269. The van der Waals surface area contributed by atoms with Crippen LogP contribution in [-0.4, -0.2) is 36.1 Å². The molecule has 0 bridgehead atoms. The second-order valence-corrected chi connectivity index (χ2v) is 4.38. The third-order valence-corrected chi connectivity index (χ3v) is 2.77. The van der Waals surface area contributed by atoms with Gasteiger partial charge in [-0.15, -0.1) is 16.7 Å². The highest BCUT2D eigenvalue weighted by Crippen LogP contribution is 2.17. The maximum atomic E-state index is 11.7. The van der Waals surface area contributed by atoms with Crippen LogP contribution < -0.4 is 0 Å². The lowest BCUT2D eigenvalue weighted by Gasteiger charge is -2.03. The lowest BCUT2D eigenvalue weighted by Crippen LogP contribution is -2.09. The molecule has 0 heterocycles. The van der Waals surface area contributed by atoms with Crippen molar-refractivity contribution in [1.29, 1.82) is 0 Å². The molecule has 1 aromatic rings. The molecule has 0 aliphatic rings. The molecule has 8 heteroatoms. The number of halogens is 1. The third kappa shape index (κ3) is 5.71. The van der Waals surface area contributed by atoms with Crippen molar-refractivity contribution in [3.05, 3.63) is 41.3 Å². The fourth-order valence-electron chi connectivity index (χ4n) is 1.47. The molecule has 0 aliphatic heterocycles. The minimum atomic E-state index is -0.822. The van der Waals surface area contributed by atoms with Gasteiger partial charge in [0, 0.05) is 0 Å². The molecule has 1 rings (SSSR count). The average Bonchev–Trinajstić information content (AvgIpc) is 2.55. The first-order chi connectivity index (χ1) is 11.0. The minimum absolute atomic E-state index is 0.127. The van der Waals surface area contributed by atoms with Gasteiger partial charge in [-0.1, -0.05) is 0 Å². The number of aliphatic hydroxyl groups excluding tert-OH is 1. The van der Waals surface area contributed by atoms with E-state index in [9.17, 15) is 14.7 Å². The maximum absolute atomic E-state index is 11.7. The Labute approximate surface area is 138 Å². The molecular weight excluding hydrogens is 324 g/mol. The maximum Gasteiger partial charge on any atom is 0.362 e. The van der Waals surface area contributed by atoms with Crippen molar-refractivity contribution in [3.8, 4) is 0 Å². The number of aliphatic hydroxyl groups is 1. The number of nitrogens with zero attached hydrogens (tertiary/aromatic N) is 2. The topological polar surface area (TPSA) is 97.6 Å². The largest absolute Gasteiger partial charge is 0.508 e. The van der Waals surface area contributed by atoms with Crippen LogP contribution in [0, 0.1) is 0 Å². The predicted octanol–water partition coefficient (Wildman–Crippen LogP) is 3.52. The number of alkyl halides is 1.